The number of aryl methyl sites for hydroxylation is 1. The molecule has 0 aliphatic rings. The molecule has 0 aliphatic heterocycles. The maximum atomic E-state index is 12.3. The van der Waals surface area contributed by atoms with E-state index in [1.165, 1.54) is 5.56 Å². The number of hydrogen-bond acceptors (Lipinski definition) is 2. The molecule has 0 unspecified atom stereocenters. The first kappa shape index (κ1) is 15.3. The summed E-state index contributed by atoms with van der Waals surface area (Å²) in [6.07, 6.45) is 0.925. The number of amides is 1. The van der Waals surface area contributed by atoms with E-state index in [1.807, 2.05) is 36.4 Å². The highest BCUT2D eigenvalue weighted by atomic mass is 35.5. The van der Waals surface area contributed by atoms with Crippen LogP contribution in [0.5, 0.6) is 0 Å². The number of carbonyl (C=O) groups excluding carboxylic acids is 1. The van der Waals surface area contributed by atoms with Gasteiger partial charge in [-0.2, -0.15) is 5.10 Å². The lowest BCUT2D eigenvalue weighted by Gasteiger charge is -2.05. The Kier molecular flexibility index (Phi) is 4.44. The van der Waals surface area contributed by atoms with Gasteiger partial charge in [-0.15, -0.1) is 0 Å². The maximum absolute atomic E-state index is 12.3. The minimum Gasteiger partial charge on any atom is -0.321 e. The number of carbonyl (C=O) groups is 1. The number of H-pyrrole nitrogens is 1. The SMILES string of the molecule is CCc1cccc(NC(=O)c2cc(-c3ccc(Cl)cc3)n[nH]2)c1. The number of hydrogen-bond donors (Lipinski definition) is 2. The molecule has 116 valence electrons. The van der Waals surface area contributed by atoms with Crippen LogP contribution in [0.15, 0.2) is 54.6 Å². The number of nitrogens with zero attached hydrogens (tertiary/aromatic N) is 1. The Morgan fingerprint density at radius 3 is 2.70 bits per heavy atom. The van der Waals surface area contributed by atoms with Crippen LogP contribution in [0.2, 0.25) is 5.02 Å². The van der Waals surface area contributed by atoms with Crippen LogP contribution in [0.3, 0.4) is 0 Å². The van der Waals surface area contributed by atoms with Gasteiger partial charge in [0.1, 0.15) is 5.69 Å². The molecular formula is C18H16ClN3O. The van der Waals surface area contributed by atoms with Gasteiger partial charge in [0.2, 0.25) is 0 Å². The van der Waals surface area contributed by atoms with Crippen LogP contribution in [-0.4, -0.2) is 16.1 Å². The summed E-state index contributed by atoms with van der Waals surface area (Å²) in [4.78, 5) is 12.3. The number of aromatic amines is 1. The summed E-state index contributed by atoms with van der Waals surface area (Å²) in [7, 11) is 0. The number of nitrogens with one attached hydrogen (secondary N) is 2. The third-order valence-electron chi connectivity index (χ3n) is 3.56. The highest BCUT2D eigenvalue weighted by Gasteiger charge is 2.11. The van der Waals surface area contributed by atoms with Gasteiger partial charge in [0, 0.05) is 16.3 Å². The van der Waals surface area contributed by atoms with Gasteiger partial charge in [-0.3, -0.25) is 9.89 Å². The van der Waals surface area contributed by atoms with Gasteiger partial charge in [-0.25, -0.2) is 0 Å². The second kappa shape index (κ2) is 6.67. The minimum absolute atomic E-state index is 0.217. The Morgan fingerprint density at radius 1 is 1.17 bits per heavy atom. The zero-order valence-corrected chi connectivity index (χ0v) is 13.4. The van der Waals surface area contributed by atoms with Crippen LogP contribution in [0.25, 0.3) is 11.3 Å². The van der Waals surface area contributed by atoms with Crippen LogP contribution in [-0.2, 0) is 6.42 Å². The smallest absolute Gasteiger partial charge is 0.273 e. The summed E-state index contributed by atoms with van der Waals surface area (Å²) in [5, 5.41) is 10.5. The van der Waals surface area contributed by atoms with Crippen molar-refractivity contribution in [2.45, 2.75) is 13.3 Å². The lowest BCUT2D eigenvalue weighted by atomic mass is 10.1. The quantitative estimate of drug-likeness (QED) is 0.739. The minimum atomic E-state index is -0.217. The average Bonchev–Trinajstić information content (AvgIpc) is 3.06. The van der Waals surface area contributed by atoms with Gasteiger partial charge in [-0.1, -0.05) is 42.8 Å². The first-order valence-corrected chi connectivity index (χ1v) is 7.75. The third-order valence-corrected chi connectivity index (χ3v) is 3.81. The van der Waals surface area contributed by atoms with Crippen molar-refractivity contribution >= 4 is 23.2 Å². The van der Waals surface area contributed by atoms with Gasteiger partial charge in [0.25, 0.3) is 5.91 Å². The standard InChI is InChI=1S/C18H16ClN3O/c1-2-12-4-3-5-15(10-12)20-18(23)17-11-16(21-22-17)13-6-8-14(19)9-7-13/h3-11H,2H2,1H3,(H,20,23)(H,21,22). The van der Waals surface area contributed by atoms with E-state index in [0.717, 1.165) is 17.7 Å². The molecule has 0 radical (unpaired) electrons. The highest BCUT2D eigenvalue weighted by Crippen LogP contribution is 2.20. The zero-order valence-electron chi connectivity index (χ0n) is 12.6. The van der Waals surface area contributed by atoms with Gasteiger partial charge in [0.05, 0.1) is 5.69 Å². The molecule has 0 saturated heterocycles. The maximum Gasteiger partial charge on any atom is 0.273 e. The fourth-order valence-corrected chi connectivity index (χ4v) is 2.40. The number of benzene rings is 2. The van der Waals surface area contributed by atoms with E-state index in [0.29, 0.717) is 16.4 Å². The van der Waals surface area contributed by atoms with Crippen molar-refractivity contribution in [3.05, 3.63) is 70.9 Å². The van der Waals surface area contributed by atoms with Crippen LogP contribution in [0, 0.1) is 0 Å². The molecule has 0 spiro atoms. The summed E-state index contributed by atoms with van der Waals surface area (Å²) in [6, 6.07) is 16.8. The van der Waals surface area contributed by atoms with E-state index in [2.05, 4.69) is 22.4 Å². The molecule has 0 atom stereocenters. The molecule has 3 aromatic rings. The van der Waals surface area contributed by atoms with Crippen molar-refractivity contribution in [3.8, 4) is 11.3 Å². The molecule has 2 aromatic carbocycles. The van der Waals surface area contributed by atoms with E-state index in [9.17, 15) is 4.79 Å². The molecule has 0 saturated carbocycles. The fourth-order valence-electron chi connectivity index (χ4n) is 2.27. The first-order valence-electron chi connectivity index (χ1n) is 7.37. The topological polar surface area (TPSA) is 57.8 Å². The Balaban J connectivity index is 1.76. The van der Waals surface area contributed by atoms with Crippen LogP contribution in [0.1, 0.15) is 23.0 Å². The molecule has 23 heavy (non-hydrogen) atoms. The van der Waals surface area contributed by atoms with Crippen molar-refractivity contribution < 1.29 is 4.79 Å². The summed E-state index contributed by atoms with van der Waals surface area (Å²) in [5.74, 6) is -0.217. The molecule has 0 fully saturated rings. The number of aromatic nitrogens is 2. The van der Waals surface area contributed by atoms with Crippen LogP contribution in [0.4, 0.5) is 5.69 Å². The van der Waals surface area contributed by atoms with Crippen molar-refractivity contribution in [2.24, 2.45) is 0 Å². The second-order valence-electron chi connectivity index (χ2n) is 5.18. The molecule has 1 heterocycles. The first-order chi connectivity index (χ1) is 11.2. The number of halogens is 1. The monoisotopic (exact) mass is 325 g/mol. The van der Waals surface area contributed by atoms with E-state index >= 15 is 0 Å². The lowest BCUT2D eigenvalue weighted by molar-refractivity contribution is 0.102. The summed E-state index contributed by atoms with van der Waals surface area (Å²) >= 11 is 5.88. The molecule has 2 N–H and O–H groups in total. The largest absolute Gasteiger partial charge is 0.321 e. The highest BCUT2D eigenvalue weighted by molar-refractivity contribution is 6.30. The average molecular weight is 326 g/mol. The molecule has 4 nitrogen and oxygen atoms in total. The van der Waals surface area contributed by atoms with Crippen molar-refractivity contribution in [1.29, 1.82) is 0 Å². The second-order valence-corrected chi connectivity index (χ2v) is 5.62. The molecular weight excluding hydrogens is 310 g/mol. The summed E-state index contributed by atoms with van der Waals surface area (Å²) < 4.78 is 0. The van der Waals surface area contributed by atoms with E-state index in [4.69, 9.17) is 11.6 Å². The van der Waals surface area contributed by atoms with Crippen LogP contribution < -0.4 is 5.32 Å². The van der Waals surface area contributed by atoms with E-state index in [1.54, 1.807) is 18.2 Å². The Hall–Kier alpha value is -2.59. The third kappa shape index (κ3) is 3.60. The summed E-state index contributed by atoms with van der Waals surface area (Å²) in [6.45, 7) is 2.08. The normalized spacial score (nSPS) is 10.5. The molecule has 3 rings (SSSR count). The Bertz CT molecular complexity index is 824. The number of anilines is 1. The molecule has 1 amide bonds. The Labute approximate surface area is 139 Å². The summed E-state index contributed by atoms with van der Waals surface area (Å²) in [5.41, 5.74) is 3.97. The van der Waals surface area contributed by atoms with Crippen molar-refractivity contribution in [2.75, 3.05) is 5.32 Å². The van der Waals surface area contributed by atoms with Crippen molar-refractivity contribution in [3.63, 3.8) is 0 Å². The lowest BCUT2D eigenvalue weighted by Crippen LogP contribution is -2.12. The predicted molar refractivity (Wildman–Crippen MR) is 92.8 cm³/mol. The van der Waals surface area contributed by atoms with E-state index < -0.39 is 0 Å². The van der Waals surface area contributed by atoms with E-state index in [-0.39, 0.29) is 5.91 Å². The molecule has 1 aromatic heterocycles. The van der Waals surface area contributed by atoms with Gasteiger partial charge in [0.15, 0.2) is 0 Å². The molecule has 5 heteroatoms. The number of rotatable bonds is 4. The van der Waals surface area contributed by atoms with Gasteiger partial charge in [-0.05, 0) is 42.3 Å². The zero-order chi connectivity index (χ0) is 16.2. The van der Waals surface area contributed by atoms with Gasteiger partial charge < -0.3 is 5.32 Å². The fraction of sp³-hybridized carbons (Fsp3) is 0.111. The van der Waals surface area contributed by atoms with Gasteiger partial charge >= 0.3 is 0 Å². The molecule has 0 bridgehead atoms. The Morgan fingerprint density at radius 2 is 1.96 bits per heavy atom. The predicted octanol–water partition coefficient (Wildman–Crippen LogP) is 4.54. The van der Waals surface area contributed by atoms with Crippen LogP contribution >= 0.6 is 11.6 Å². The van der Waals surface area contributed by atoms with Crippen molar-refractivity contribution in [1.82, 2.24) is 10.2 Å². The molecule has 0 aliphatic carbocycles.